The fraction of sp³-hybridized carbons (Fsp3) is 0.409. The molecule has 0 radical (unpaired) electrons. The first-order valence-electron chi connectivity index (χ1n) is 10.5. The lowest BCUT2D eigenvalue weighted by molar-refractivity contribution is -0.118. The molecule has 1 aliphatic heterocycles. The quantitative estimate of drug-likeness (QED) is 0.613. The highest BCUT2D eigenvalue weighted by Crippen LogP contribution is 2.31. The summed E-state index contributed by atoms with van der Waals surface area (Å²) in [6.07, 6.45) is 0. The van der Waals surface area contributed by atoms with E-state index in [1.807, 2.05) is 4.90 Å². The molecule has 1 fully saturated rings. The summed E-state index contributed by atoms with van der Waals surface area (Å²) >= 11 is 0. The van der Waals surface area contributed by atoms with Crippen LogP contribution in [0.5, 0.6) is 5.75 Å². The molecule has 0 atom stereocenters. The highest BCUT2D eigenvalue weighted by Gasteiger charge is 2.24. The van der Waals surface area contributed by atoms with Crippen LogP contribution in [0.4, 0.5) is 15.8 Å². The van der Waals surface area contributed by atoms with Crippen molar-refractivity contribution in [3.63, 3.8) is 0 Å². The number of anilines is 2. The van der Waals surface area contributed by atoms with E-state index in [9.17, 15) is 17.6 Å². The fourth-order valence-corrected chi connectivity index (χ4v) is 4.95. The summed E-state index contributed by atoms with van der Waals surface area (Å²) in [5, 5.41) is 2.76. The van der Waals surface area contributed by atoms with Gasteiger partial charge in [0.15, 0.2) is 6.61 Å². The Labute approximate surface area is 188 Å². The van der Waals surface area contributed by atoms with Crippen LogP contribution in [-0.4, -0.2) is 64.6 Å². The number of sulfonamides is 1. The molecule has 1 heterocycles. The zero-order valence-electron chi connectivity index (χ0n) is 18.2. The number of carbonyl (C=O) groups excluding carboxylic acids is 1. The van der Waals surface area contributed by atoms with Gasteiger partial charge in [0.1, 0.15) is 11.6 Å². The van der Waals surface area contributed by atoms with E-state index in [0.29, 0.717) is 50.8 Å². The Bertz CT molecular complexity index is 1040. The van der Waals surface area contributed by atoms with E-state index in [4.69, 9.17) is 9.47 Å². The van der Waals surface area contributed by atoms with Gasteiger partial charge in [-0.25, -0.2) is 12.8 Å². The van der Waals surface area contributed by atoms with E-state index in [1.54, 1.807) is 32.0 Å². The normalized spacial score (nSPS) is 14.4. The van der Waals surface area contributed by atoms with Gasteiger partial charge < -0.3 is 19.7 Å². The second-order valence-corrected chi connectivity index (χ2v) is 9.10. The Morgan fingerprint density at radius 1 is 1.16 bits per heavy atom. The molecule has 2 aromatic carbocycles. The van der Waals surface area contributed by atoms with Crippen molar-refractivity contribution < 1.29 is 27.1 Å². The lowest BCUT2D eigenvalue weighted by atomic mass is 10.2. The summed E-state index contributed by atoms with van der Waals surface area (Å²) < 4.78 is 51.4. The summed E-state index contributed by atoms with van der Waals surface area (Å²) in [5.74, 6) is -0.723. The van der Waals surface area contributed by atoms with Crippen molar-refractivity contribution in [3.05, 3.63) is 48.3 Å². The minimum Gasteiger partial charge on any atom is -0.484 e. The average molecular weight is 466 g/mol. The number of carbonyl (C=O) groups is 1. The van der Waals surface area contributed by atoms with Crippen LogP contribution in [0.2, 0.25) is 0 Å². The highest BCUT2D eigenvalue weighted by atomic mass is 32.2. The van der Waals surface area contributed by atoms with Crippen molar-refractivity contribution in [2.24, 2.45) is 0 Å². The van der Waals surface area contributed by atoms with Crippen molar-refractivity contribution in [2.45, 2.75) is 18.7 Å². The number of benzene rings is 2. The molecule has 0 spiro atoms. The number of halogens is 1. The van der Waals surface area contributed by atoms with E-state index >= 15 is 0 Å². The summed E-state index contributed by atoms with van der Waals surface area (Å²) in [4.78, 5) is 14.7. The average Bonchev–Trinajstić information content (AvgIpc) is 2.79. The zero-order valence-corrected chi connectivity index (χ0v) is 19.0. The van der Waals surface area contributed by atoms with E-state index in [2.05, 4.69) is 5.32 Å². The third-order valence-corrected chi connectivity index (χ3v) is 7.15. The highest BCUT2D eigenvalue weighted by molar-refractivity contribution is 7.89. The minimum absolute atomic E-state index is 0.0968. The van der Waals surface area contributed by atoms with Crippen LogP contribution in [0.3, 0.4) is 0 Å². The first-order valence-corrected chi connectivity index (χ1v) is 11.9. The van der Waals surface area contributed by atoms with E-state index in [1.165, 1.54) is 28.6 Å². The molecule has 0 aromatic heterocycles. The summed E-state index contributed by atoms with van der Waals surface area (Å²) in [6.45, 7) is 6.19. The van der Waals surface area contributed by atoms with Crippen molar-refractivity contribution >= 4 is 27.3 Å². The summed E-state index contributed by atoms with van der Waals surface area (Å²) in [6, 6.07) is 10.2. The van der Waals surface area contributed by atoms with Crippen LogP contribution in [0.1, 0.15) is 13.8 Å². The molecule has 8 nitrogen and oxygen atoms in total. The lowest BCUT2D eigenvalue weighted by Crippen LogP contribution is -2.37. The van der Waals surface area contributed by atoms with Crippen LogP contribution in [0.15, 0.2) is 47.4 Å². The summed E-state index contributed by atoms with van der Waals surface area (Å²) in [5.41, 5.74) is 1.07. The van der Waals surface area contributed by atoms with Gasteiger partial charge in [-0.1, -0.05) is 19.9 Å². The molecule has 0 bridgehead atoms. The minimum atomic E-state index is -3.70. The topological polar surface area (TPSA) is 88.2 Å². The molecule has 1 amide bonds. The number of nitrogens with one attached hydrogen (secondary N) is 1. The van der Waals surface area contributed by atoms with Crippen LogP contribution in [0.25, 0.3) is 0 Å². The number of morpholine rings is 1. The van der Waals surface area contributed by atoms with Gasteiger partial charge in [0, 0.05) is 32.2 Å². The molecule has 0 unspecified atom stereocenters. The fourth-order valence-electron chi connectivity index (χ4n) is 3.46. The smallest absolute Gasteiger partial charge is 0.262 e. The van der Waals surface area contributed by atoms with Gasteiger partial charge in [-0.15, -0.1) is 0 Å². The second kappa shape index (κ2) is 10.8. The van der Waals surface area contributed by atoms with Gasteiger partial charge in [-0.05, 0) is 30.3 Å². The molecule has 1 aliphatic rings. The van der Waals surface area contributed by atoms with Crippen LogP contribution >= 0.6 is 0 Å². The molecule has 1 saturated heterocycles. The molecule has 0 aliphatic carbocycles. The van der Waals surface area contributed by atoms with E-state index in [0.717, 1.165) is 0 Å². The Morgan fingerprint density at radius 3 is 2.53 bits per heavy atom. The maximum Gasteiger partial charge on any atom is 0.262 e. The number of hydrogen-bond acceptors (Lipinski definition) is 6. The lowest BCUT2D eigenvalue weighted by Gasteiger charge is -2.31. The third-order valence-electron chi connectivity index (χ3n) is 5.10. The van der Waals surface area contributed by atoms with Gasteiger partial charge in [-0.3, -0.25) is 4.79 Å². The zero-order chi connectivity index (χ0) is 23.1. The van der Waals surface area contributed by atoms with E-state index in [-0.39, 0.29) is 17.3 Å². The molecular weight excluding hydrogens is 437 g/mol. The molecule has 0 saturated carbocycles. The number of rotatable bonds is 9. The first-order chi connectivity index (χ1) is 15.3. The number of amides is 1. The van der Waals surface area contributed by atoms with Crippen molar-refractivity contribution in [1.29, 1.82) is 0 Å². The molecule has 32 heavy (non-hydrogen) atoms. The van der Waals surface area contributed by atoms with Gasteiger partial charge >= 0.3 is 0 Å². The number of ether oxygens (including phenoxy) is 2. The maximum atomic E-state index is 13.3. The molecule has 174 valence electrons. The van der Waals surface area contributed by atoms with Gasteiger partial charge in [0.25, 0.3) is 5.91 Å². The van der Waals surface area contributed by atoms with Crippen LogP contribution in [-0.2, 0) is 19.6 Å². The Hall–Kier alpha value is -2.69. The largest absolute Gasteiger partial charge is 0.484 e. The molecule has 1 N–H and O–H groups in total. The summed E-state index contributed by atoms with van der Waals surface area (Å²) in [7, 11) is -3.70. The van der Waals surface area contributed by atoms with Crippen molar-refractivity contribution in [1.82, 2.24) is 4.31 Å². The SMILES string of the molecule is CCN(CC)S(=O)(=O)c1ccc(N2CCOCC2)c(NC(=O)COc2cccc(F)c2)c1. The van der Waals surface area contributed by atoms with Gasteiger partial charge in [0.05, 0.1) is 29.5 Å². The molecule has 2 aromatic rings. The maximum absolute atomic E-state index is 13.3. The third kappa shape index (κ3) is 5.76. The second-order valence-electron chi connectivity index (χ2n) is 7.16. The van der Waals surface area contributed by atoms with Gasteiger partial charge in [0.2, 0.25) is 10.0 Å². The standard InChI is InChI=1S/C22H28FN3O5S/c1-3-26(4-2)32(28,29)19-8-9-21(25-10-12-30-13-11-25)20(15-19)24-22(27)16-31-18-7-5-6-17(23)14-18/h5-9,14-15H,3-4,10-13,16H2,1-2H3,(H,24,27). The first kappa shape index (κ1) is 24.0. The van der Waals surface area contributed by atoms with Gasteiger partial charge in [-0.2, -0.15) is 4.31 Å². The van der Waals surface area contributed by atoms with Crippen LogP contribution in [0, 0.1) is 5.82 Å². The Balaban J connectivity index is 1.85. The Morgan fingerprint density at radius 2 is 1.88 bits per heavy atom. The Kier molecular flexibility index (Phi) is 8.05. The van der Waals surface area contributed by atoms with Crippen molar-refractivity contribution in [3.8, 4) is 5.75 Å². The molecule has 3 rings (SSSR count). The molecule has 10 heteroatoms. The molecular formula is C22H28FN3O5S. The predicted molar refractivity (Wildman–Crippen MR) is 120 cm³/mol. The van der Waals surface area contributed by atoms with Crippen molar-refractivity contribution in [2.75, 3.05) is 56.2 Å². The monoisotopic (exact) mass is 465 g/mol. The number of hydrogen-bond donors (Lipinski definition) is 1. The number of nitrogens with zero attached hydrogens (tertiary/aromatic N) is 2. The van der Waals surface area contributed by atoms with E-state index < -0.39 is 21.7 Å². The predicted octanol–water partition coefficient (Wildman–Crippen LogP) is 2.71. The van der Waals surface area contributed by atoms with Crippen LogP contribution < -0.4 is 15.0 Å².